The number of rotatable bonds is 7. The first kappa shape index (κ1) is 25.0. The lowest BCUT2D eigenvalue weighted by Gasteiger charge is -2.37. The number of nitrogens with one attached hydrogen (secondary N) is 2. The number of halogens is 1. The van der Waals surface area contributed by atoms with Gasteiger partial charge in [0.15, 0.2) is 5.96 Å². The van der Waals surface area contributed by atoms with Crippen LogP contribution in [0.1, 0.15) is 20.3 Å². The van der Waals surface area contributed by atoms with Crippen LogP contribution in [0.5, 0.6) is 5.75 Å². The Labute approximate surface area is 198 Å². The number of ether oxygens (including phenoxy) is 2. The molecule has 2 saturated heterocycles. The van der Waals surface area contributed by atoms with Crippen molar-refractivity contribution in [2.75, 3.05) is 65.0 Å². The summed E-state index contributed by atoms with van der Waals surface area (Å²) in [5.41, 5.74) is 1.16. The highest BCUT2D eigenvalue weighted by Gasteiger charge is 2.27. The normalized spacial score (nSPS) is 21.3. The topological polar surface area (TPSA) is 61.4 Å². The predicted molar refractivity (Wildman–Crippen MR) is 135 cm³/mol. The number of para-hydroxylation sites is 2. The van der Waals surface area contributed by atoms with E-state index in [0.717, 1.165) is 69.8 Å². The number of methoxy groups -OCH3 is 1. The molecule has 2 aliphatic rings. The maximum Gasteiger partial charge on any atom is 0.191 e. The Hall–Kier alpha value is -1.26. The Bertz CT molecular complexity index is 667. The SMILES string of the molecule is CN=C(NCC(C(C)C)N1CCOCC1)NC1CCN(c2ccccc2OC)C1.I. The molecule has 30 heavy (non-hydrogen) atoms. The monoisotopic (exact) mass is 531 g/mol. The standard InChI is InChI=1S/C22H37N5O2.HI/c1-17(2)20(26-11-13-29-14-12-26)15-24-22(23-3)25-18-9-10-27(16-18)19-7-5-6-8-21(19)28-4;/h5-8,17-18,20H,9-16H2,1-4H3,(H2,23,24,25);1H. The Balaban J connectivity index is 0.00000320. The summed E-state index contributed by atoms with van der Waals surface area (Å²) in [5, 5.41) is 7.18. The molecule has 0 spiro atoms. The van der Waals surface area contributed by atoms with Gasteiger partial charge in [-0.05, 0) is 24.5 Å². The summed E-state index contributed by atoms with van der Waals surface area (Å²) in [6, 6.07) is 9.08. The maximum absolute atomic E-state index is 5.53. The van der Waals surface area contributed by atoms with E-state index >= 15 is 0 Å². The molecule has 7 nitrogen and oxygen atoms in total. The van der Waals surface area contributed by atoms with E-state index in [2.05, 4.69) is 51.4 Å². The smallest absolute Gasteiger partial charge is 0.191 e. The van der Waals surface area contributed by atoms with Crippen LogP contribution in [0.3, 0.4) is 0 Å². The largest absolute Gasteiger partial charge is 0.495 e. The molecule has 8 heteroatoms. The summed E-state index contributed by atoms with van der Waals surface area (Å²) in [7, 11) is 3.58. The molecule has 2 unspecified atom stereocenters. The van der Waals surface area contributed by atoms with Crippen molar-refractivity contribution in [2.45, 2.75) is 32.4 Å². The molecule has 2 heterocycles. The first-order valence-electron chi connectivity index (χ1n) is 10.8. The van der Waals surface area contributed by atoms with E-state index in [-0.39, 0.29) is 24.0 Å². The third kappa shape index (κ3) is 6.62. The fourth-order valence-corrected chi connectivity index (χ4v) is 4.27. The van der Waals surface area contributed by atoms with Crippen molar-refractivity contribution in [3.8, 4) is 5.75 Å². The van der Waals surface area contributed by atoms with E-state index in [1.54, 1.807) is 7.11 Å². The number of anilines is 1. The van der Waals surface area contributed by atoms with Gasteiger partial charge >= 0.3 is 0 Å². The summed E-state index contributed by atoms with van der Waals surface area (Å²) in [6.45, 7) is 11.1. The van der Waals surface area contributed by atoms with E-state index in [4.69, 9.17) is 9.47 Å². The van der Waals surface area contributed by atoms with Crippen molar-refractivity contribution in [3.05, 3.63) is 24.3 Å². The first-order chi connectivity index (χ1) is 14.1. The van der Waals surface area contributed by atoms with Gasteiger partial charge < -0.3 is 25.0 Å². The van der Waals surface area contributed by atoms with Crippen LogP contribution in [0.2, 0.25) is 0 Å². The van der Waals surface area contributed by atoms with Crippen LogP contribution in [-0.2, 0) is 4.74 Å². The molecule has 2 aliphatic heterocycles. The van der Waals surface area contributed by atoms with Gasteiger partial charge in [-0.1, -0.05) is 26.0 Å². The van der Waals surface area contributed by atoms with Crippen molar-refractivity contribution in [3.63, 3.8) is 0 Å². The van der Waals surface area contributed by atoms with Crippen LogP contribution in [-0.4, -0.2) is 83.0 Å². The molecule has 3 rings (SSSR count). The van der Waals surface area contributed by atoms with Gasteiger partial charge in [0, 0.05) is 51.9 Å². The summed E-state index contributed by atoms with van der Waals surface area (Å²) in [6.07, 6.45) is 1.08. The molecule has 0 aromatic heterocycles. The maximum atomic E-state index is 5.53. The highest BCUT2D eigenvalue weighted by molar-refractivity contribution is 14.0. The van der Waals surface area contributed by atoms with Gasteiger partial charge in [-0.2, -0.15) is 0 Å². The number of guanidine groups is 1. The van der Waals surface area contributed by atoms with E-state index in [0.29, 0.717) is 18.0 Å². The number of benzene rings is 1. The fraction of sp³-hybridized carbons (Fsp3) is 0.682. The Morgan fingerprint density at radius 2 is 1.97 bits per heavy atom. The van der Waals surface area contributed by atoms with E-state index in [1.807, 2.05) is 19.2 Å². The van der Waals surface area contributed by atoms with E-state index in [1.165, 1.54) is 0 Å². The number of aliphatic imine (C=N–C) groups is 1. The van der Waals surface area contributed by atoms with Crippen LogP contribution >= 0.6 is 24.0 Å². The van der Waals surface area contributed by atoms with E-state index in [9.17, 15) is 0 Å². The molecule has 0 amide bonds. The number of nitrogens with zero attached hydrogens (tertiary/aromatic N) is 3. The Morgan fingerprint density at radius 1 is 1.23 bits per heavy atom. The molecular weight excluding hydrogens is 493 g/mol. The van der Waals surface area contributed by atoms with Gasteiger partial charge in [-0.15, -0.1) is 24.0 Å². The van der Waals surface area contributed by atoms with Crippen LogP contribution in [0.15, 0.2) is 29.3 Å². The highest BCUT2D eigenvalue weighted by Crippen LogP contribution is 2.30. The van der Waals surface area contributed by atoms with Crippen molar-refractivity contribution >= 4 is 35.6 Å². The van der Waals surface area contributed by atoms with Crippen LogP contribution in [0.4, 0.5) is 5.69 Å². The van der Waals surface area contributed by atoms with Crippen molar-refractivity contribution in [1.82, 2.24) is 15.5 Å². The second-order valence-corrected chi connectivity index (χ2v) is 8.16. The Morgan fingerprint density at radius 3 is 2.63 bits per heavy atom. The number of hydrogen-bond acceptors (Lipinski definition) is 5. The van der Waals surface area contributed by atoms with Crippen LogP contribution in [0, 0.1) is 5.92 Å². The van der Waals surface area contributed by atoms with Crippen LogP contribution < -0.4 is 20.3 Å². The van der Waals surface area contributed by atoms with Gasteiger partial charge in [-0.3, -0.25) is 9.89 Å². The van der Waals surface area contributed by atoms with Crippen molar-refractivity contribution < 1.29 is 9.47 Å². The summed E-state index contributed by atoms with van der Waals surface area (Å²) < 4.78 is 11.0. The Kier molecular flexibility index (Phi) is 10.5. The average Bonchev–Trinajstić information content (AvgIpc) is 3.22. The zero-order valence-electron chi connectivity index (χ0n) is 18.8. The predicted octanol–water partition coefficient (Wildman–Crippen LogP) is 2.41. The quantitative estimate of drug-likeness (QED) is 0.320. The third-order valence-electron chi connectivity index (χ3n) is 5.94. The third-order valence-corrected chi connectivity index (χ3v) is 5.94. The molecule has 170 valence electrons. The molecule has 2 atom stereocenters. The molecule has 0 bridgehead atoms. The number of hydrogen-bond donors (Lipinski definition) is 2. The first-order valence-corrected chi connectivity index (χ1v) is 10.8. The minimum absolute atomic E-state index is 0. The lowest BCUT2D eigenvalue weighted by molar-refractivity contribution is 0.00751. The lowest BCUT2D eigenvalue weighted by atomic mass is 10.0. The summed E-state index contributed by atoms with van der Waals surface area (Å²) >= 11 is 0. The van der Waals surface area contributed by atoms with Gasteiger partial charge in [-0.25, -0.2) is 0 Å². The second kappa shape index (κ2) is 12.6. The molecular formula is C22H38IN5O2. The summed E-state index contributed by atoms with van der Waals surface area (Å²) in [5.74, 6) is 2.39. The molecule has 2 N–H and O–H groups in total. The zero-order valence-corrected chi connectivity index (χ0v) is 21.1. The minimum Gasteiger partial charge on any atom is -0.495 e. The molecule has 1 aromatic rings. The highest BCUT2D eigenvalue weighted by atomic mass is 127. The lowest BCUT2D eigenvalue weighted by Crippen LogP contribution is -2.53. The molecule has 0 saturated carbocycles. The van der Waals surface area contributed by atoms with Gasteiger partial charge in [0.25, 0.3) is 0 Å². The van der Waals surface area contributed by atoms with Gasteiger partial charge in [0.05, 0.1) is 26.0 Å². The molecule has 0 aliphatic carbocycles. The minimum atomic E-state index is 0. The summed E-state index contributed by atoms with van der Waals surface area (Å²) in [4.78, 5) is 9.39. The van der Waals surface area contributed by atoms with Crippen molar-refractivity contribution in [1.29, 1.82) is 0 Å². The molecule has 0 radical (unpaired) electrons. The molecule has 2 fully saturated rings. The fourth-order valence-electron chi connectivity index (χ4n) is 4.27. The van der Waals surface area contributed by atoms with Crippen LogP contribution in [0.25, 0.3) is 0 Å². The van der Waals surface area contributed by atoms with E-state index < -0.39 is 0 Å². The molecule has 1 aromatic carbocycles. The second-order valence-electron chi connectivity index (χ2n) is 8.16. The average molecular weight is 531 g/mol. The number of morpholine rings is 1. The van der Waals surface area contributed by atoms with Crippen molar-refractivity contribution in [2.24, 2.45) is 10.9 Å². The van der Waals surface area contributed by atoms with Gasteiger partial charge in [0.1, 0.15) is 5.75 Å². The van der Waals surface area contributed by atoms with Gasteiger partial charge in [0.2, 0.25) is 0 Å². The zero-order chi connectivity index (χ0) is 20.6.